The van der Waals surface area contributed by atoms with E-state index in [2.05, 4.69) is 23.3 Å². The minimum Gasteiger partial charge on any atom is -0.326 e. The summed E-state index contributed by atoms with van der Waals surface area (Å²) in [6, 6.07) is 6.81. The first-order valence-electron chi connectivity index (χ1n) is 6.17. The number of rotatable bonds is 3. The van der Waals surface area contributed by atoms with Gasteiger partial charge in [0, 0.05) is 18.3 Å². The van der Waals surface area contributed by atoms with Crippen LogP contribution in [0.25, 0.3) is 0 Å². The van der Waals surface area contributed by atoms with Gasteiger partial charge in [0.05, 0.1) is 12.7 Å². The van der Waals surface area contributed by atoms with E-state index in [9.17, 15) is 0 Å². The molecule has 1 aromatic carbocycles. The molecule has 0 aliphatic heterocycles. The Morgan fingerprint density at radius 3 is 2.88 bits per heavy atom. The maximum atomic E-state index is 5.58. The zero-order valence-electron chi connectivity index (χ0n) is 9.89. The zero-order valence-corrected chi connectivity index (χ0v) is 9.89. The fourth-order valence-corrected chi connectivity index (χ4v) is 2.51. The van der Waals surface area contributed by atoms with E-state index in [1.807, 2.05) is 17.1 Å². The fourth-order valence-electron chi connectivity index (χ4n) is 2.51. The van der Waals surface area contributed by atoms with Crippen molar-refractivity contribution in [3.63, 3.8) is 0 Å². The summed E-state index contributed by atoms with van der Waals surface area (Å²) in [5, 5.41) is 4.31. The summed E-state index contributed by atoms with van der Waals surface area (Å²) in [4.78, 5) is 0. The van der Waals surface area contributed by atoms with Gasteiger partial charge in [-0.2, -0.15) is 5.10 Å². The van der Waals surface area contributed by atoms with Crippen molar-refractivity contribution in [1.29, 1.82) is 0 Å². The molecular weight excluding hydrogens is 210 g/mol. The largest absolute Gasteiger partial charge is 0.326 e. The van der Waals surface area contributed by atoms with Gasteiger partial charge in [-0.15, -0.1) is 0 Å². The van der Waals surface area contributed by atoms with Crippen LogP contribution in [0.15, 0.2) is 30.6 Å². The van der Waals surface area contributed by atoms with Gasteiger partial charge in [-0.3, -0.25) is 4.68 Å². The van der Waals surface area contributed by atoms with E-state index in [1.165, 1.54) is 36.0 Å². The fraction of sp³-hybridized carbons (Fsp3) is 0.357. The number of aryl methyl sites for hydroxylation is 2. The summed E-state index contributed by atoms with van der Waals surface area (Å²) >= 11 is 0. The number of nitrogens with zero attached hydrogens (tertiary/aromatic N) is 2. The SMILES string of the molecule is NCc1cnn(Cc2ccc3c(c2)CCC3)c1. The van der Waals surface area contributed by atoms with Crippen molar-refractivity contribution < 1.29 is 0 Å². The zero-order chi connectivity index (χ0) is 11.7. The second-order valence-corrected chi connectivity index (χ2v) is 4.71. The van der Waals surface area contributed by atoms with Crippen LogP contribution in [0, 0.1) is 0 Å². The molecule has 3 nitrogen and oxygen atoms in total. The van der Waals surface area contributed by atoms with Crippen LogP contribution in [-0.2, 0) is 25.9 Å². The molecule has 0 saturated carbocycles. The van der Waals surface area contributed by atoms with Crippen molar-refractivity contribution in [1.82, 2.24) is 9.78 Å². The van der Waals surface area contributed by atoms with Crippen LogP contribution in [0.1, 0.15) is 28.7 Å². The number of benzene rings is 1. The van der Waals surface area contributed by atoms with Crippen molar-refractivity contribution in [3.8, 4) is 0 Å². The van der Waals surface area contributed by atoms with Crippen LogP contribution in [0.3, 0.4) is 0 Å². The van der Waals surface area contributed by atoms with E-state index >= 15 is 0 Å². The molecule has 0 amide bonds. The molecule has 3 heteroatoms. The summed E-state index contributed by atoms with van der Waals surface area (Å²) in [5.41, 5.74) is 11.0. The van der Waals surface area contributed by atoms with Crippen molar-refractivity contribution in [2.75, 3.05) is 0 Å². The summed E-state index contributed by atoms with van der Waals surface area (Å²) < 4.78 is 1.96. The second-order valence-electron chi connectivity index (χ2n) is 4.71. The van der Waals surface area contributed by atoms with E-state index in [-0.39, 0.29) is 0 Å². The first kappa shape index (κ1) is 10.5. The highest BCUT2D eigenvalue weighted by atomic mass is 15.3. The molecule has 3 rings (SSSR count). The molecule has 1 aliphatic rings. The van der Waals surface area contributed by atoms with Crippen molar-refractivity contribution in [2.45, 2.75) is 32.4 Å². The number of hydrogen-bond donors (Lipinski definition) is 1. The maximum absolute atomic E-state index is 5.58. The van der Waals surface area contributed by atoms with Gasteiger partial charge in [0.1, 0.15) is 0 Å². The molecular formula is C14H17N3. The van der Waals surface area contributed by atoms with Crippen molar-refractivity contribution in [3.05, 3.63) is 52.8 Å². The Labute approximate surface area is 101 Å². The highest BCUT2D eigenvalue weighted by Crippen LogP contribution is 2.23. The molecule has 0 unspecified atom stereocenters. The molecule has 2 aromatic rings. The van der Waals surface area contributed by atoms with Gasteiger partial charge in [0.15, 0.2) is 0 Å². The third-order valence-corrected chi connectivity index (χ3v) is 3.43. The van der Waals surface area contributed by atoms with Crippen LogP contribution in [-0.4, -0.2) is 9.78 Å². The van der Waals surface area contributed by atoms with E-state index in [0.717, 1.165) is 12.1 Å². The molecule has 0 atom stereocenters. The van der Waals surface area contributed by atoms with Crippen LogP contribution in [0.5, 0.6) is 0 Å². The first-order chi connectivity index (χ1) is 8.35. The predicted molar refractivity (Wildman–Crippen MR) is 67.7 cm³/mol. The molecule has 0 spiro atoms. The Kier molecular flexibility index (Phi) is 2.69. The standard InChI is InChI=1S/C14H17N3/c15-7-12-8-16-17(10-12)9-11-4-5-13-2-1-3-14(13)6-11/h4-6,8,10H,1-3,7,9,15H2. The Bertz CT molecular complexity index is 528. The lowest BCUT2D eigenvalue weighted by Crippen LogP contribution is -2.01. The van der Waals surface area contributed by atoms with Gasteiger partial charge in [-0.05, 0) is 36.0 Å². The third-order valence-electron chi connectivity index (χ3n) is 3.43. The van der Waals surface area contributed by atoms with Crippen LogP contribution < -0.4 is 5.73 Å². The molecule has 1 aliphatic carbocycles. The summed E-state index contributed by atoms with van der Waals surface area (Å²) in [7, 11) is 0. The number of aromatic nitrogens is 2. The lowest BCUT2D eigenvalue weighted by Gasteiger charge is -2.05. The minimum absolute atomic E-state index is 0.560. The van der Waals surface area contributed by atoms with Gasteiger partial charge < -0.3 is 5.73 Å². The Morgan fingerprint density at radius 1 is 1.18 bits per heavy atom. The smallest absolute Gasteiger partial charge is 0.0659 e. The van der Waals surface area contributed by atoms with Crippen LogP contribution in [0.4, 0.5) is 0 Å². The molecule has 0 bridgehead atoms. The predicted octanol–water partition coefficient (Wildman–Crippen LogP) is 1.88. The van der Waals surface area contributed by atoms with Crippen LogP contribution >= 0.6 is 0 Å². The molecule has 17 heavy (non-hydrogen) atoms. The molecule has 0 saturated heterocycles. The quantitative estimate of drug-likeness (QED) is 0.870. The molecule has 88 valence electrons. The molecule has 1 heterocycles. The molecule has 0 radical (unpaired) electrons. The van der Waals surface area contributed by atoms with Gasteiger partial charge in [-0.25, -0.2) is 0 Å². The van der Waals surface area contributed by atoms with E-state index in [4.69, 9.17) is 5.73 Å². The lowest BCUT2D eigenvalue weighted by molar-refractivity contribution is 0.685. The normalized spacial score (nSPS) is 13.9. The lowest BCUT2D eigenvalue weighted by atomic mass is 10.1. The average molecular weight is 227 g/mol. The van der Waals surface area contributed by atoms with E-state index in [1.54, 1.807) is 0 Å². The van der Waals surface area contributed by atoms with Crippen molar-refractivity contribution in [2.24, 2.45) is 5.73 Å². The van der Waals surface area contributed by atoms with Gasteiger partial charge in [-0.1, -0.05) is 18.2 Å². The van der Waals surface area contributed by atoms with Crippen LogP contribution in [0.2, 0.25) is 0 Å². The summed E-state index contributed by atoms with van der Waals surface area (Å²) in [6.07, 6.45) is 7.64. The number of hydrogen-bond acceptors (Lipinski definition) is 2. The van der Waals surface area contributed by atoms with Crippen molar-refractivity contribution >= 4 is 0 Å². The number of fused-ring (bicyclic) bond motifs is 1. The monoisotopic (exact) mass is 227 g/mol. The Morgan fingerprint density at radius 2 is 2.06 bits per heavy atom. The Hall–Kier alpha value is -1.61. The molecule has 0 fully saturated rings. The minimum atomic E-state index is 0.560. The maximum Gasteiger partial charge on any atom is 0.0659 e. The first-order valence-corrected chi connectivity index (χ1v) is 6.17. The summed E-state index contributed by atoms with van der Waals surface area (Å²) in [5.74, 6) is 0. The van der Waals surface area contributed by atoms with Gasteiger partial charge >= 0.3 is 0 Å². The second kappa shape index (κ2) is 4.34. The Balaban J connectivity index is 1.80. The van der Waals surface area contributed by atoms with E-state index < -0.39 is 0 Å². The van der Waals surface area contributed by atoms with Gasteiger partial charge in [0.2, 0.25) is 0 Å². The summed E-state index contributed by atoms with van der Waals surface area (Å²) in [6.45, 7) is 1.40. The third kappa shape index (κ3) is 2.11. The highest BCUT2D eigenvalue weighted by Gasteiger charge is 2.10. The topological polar surface area (TPSA) is 43.8 Å². The van der Waals surface area contributed by atoms with E-state index in [0.29, 0.717) is 6.54 Å². The van der Waals surface area contributed by atoms with Gasteiger partial charge in [0.25, 0.3) is 0 Å². The molecule has 1 aromatic heterocycles. The highest BCUT2D eigenvalue weighted by molar-refractivity contribution is 5.35. The number of nitrogens with two attached hydrogens (primary N) is 1. The molecule has 2 N–H and O–H groups in total. The average Bonchev–Trinajstić information content (AvgIpc) is 2.96.